The van der Waals surface area contributed by atoms with E-state index in [9.17, 15) is 35.9 Å². The van der Waals surface area contributed by atoms with Crippen LogP contribution in [0.15, 0.2) is 17.2 Å². The van der Waals surface area contributed by atoms with Gasteiger partial charge in [-0.3, -0.25) is 9.59 Å². The Balaban J connectivity index is 0.000000239. The second-order valence-corrected chi connectivity index (χ2v) is 7.47. The highest BCUT2D eigenvalue weighted by Gasteiger charge is 2.39. The molecular formula is C21H26F6N6O2. The Morgan fingerprint density at radius 1 is 0.943 bits per heavy atom. The van der Waals surface area contributed by atoms with Crippen LogP contribution in [0, 0.1) is 0 Å². The molecule has 2 aromatic rings. The summed E-state index contributed by atoms with van der Waals surface area (Å²) in [5.41, 5.74) is -2.63. The third-order valence-electron chi connectivity index (χ3n) is 5.27. The van der Waals surface area contributed by atoms with Gasteiger partial charge in [0.05, 0.1) is 11.3 Å². The van der Waals surface area contributed by atoms with Crippen LogP contribution in [0.1, 0.15) is 49.6 Å². The van der Waals surface area contributed by atoms with Crippen molar-refractivity contribution in [1.82, 2.24) is 25.1 Å². The number of piperazine rings is 1. The lowest BCUT2D eigenvalue weighted by Gasteiger charge is -2.34. The third-order valence-corrected chi connectivity index (χ3v) is 5.27. The van der Waals surface area contributed by atoms with Crippen molar-refractivity contribution in [3.8, 4) is 0 Å². The van der Waals surface area contributed by atoms with Gasteiger partial charge in [-0.25, -0.2) is 15.1 Å². The lowest BCUT2D eigenvalue weighted by atomic mass is 10.1. The van der Waals surface area contributed by atoms with Crippen molar-refractivity contribution < 1.29 is 31.1 Å². The van der Waals surface area contributed by atoms with E-state index in [-0.39, 0.29) is 17.4 Å². The van der Waals surface area contributed by atoms with Crippen molar-refractivity contribution in [2.45, 2.75) is 52.4 Å². The number of fused-ring (bicyclic) bond motifs is 1. The summed E-state index contributed by atoms with van der Waals surface area (Å²) in [6.07, 6.45) is -6.02. The maximum absolute atomic E-state index is 12.5. The van der Waals surface area contributed by atoms with Gasteiger partial charge in [-0.1, -0.05) is 13.8 Å². The number of halogens is 6. The fourth-order valence-corrected chi connectivity index (χ4v) is 3.58. The molecule has 0 aromatic carbocycles. The van der Waals surface area contributed by atoms with E-state index in [4.69, 9.17) is 0 Å². The molecule has 194 valence electrons. The van der Waals surface area contributed by atoms with E-state index in [2.05, 4.69) is 15.1 Å². The first-order chi connectivity index (χ1) is 16.4. The number of rotatable bonds is 1. The second-order valence-electron chi connectivity index (χ2n) is 7.47. The molecule has 8 nitrogen and oxygen atoms in total. The summed E-state index contributed by atoms with van der Waals surface area (Å²) >= 11 is 0. The van der Waals surface area contributed by atoms with Crippen LogP contribution in [-0.2, 0) is 30.0 Å². The number of aromatic amines is 1. The molecule has 1 amide bonds. The van der Waals surface area contributed by atoms with E-state index in [1.807, 2.05) is 18.9 Å². The van der Waals surface area contributed by atoms with Gasteiger partial charge >= 0.3 is 12.4 Å². The average molecular weight is 508 g/mol. The number of nitrogens with zero attached hydrogens (tertiary/aromatic N) is 5. The number of aryl methyl sites for hydroxylation is 1. The number of aromatic nitrogens is 4. The number of amides is 1. The number of H-pyrrole nitrogens is 1. The summed E-state index contributed by atoms with van der Waals surface area (Å²) in [5.74, 6) is 0.254. The molecule has 0 atom stereocenters. The van der Waals surface area contributed by atoms with Crippen LogP contribution in [0.2, 0.25) is 0 Å². The van der Waals surface area contributed by atoms with Crippen molar-refractivity contribution in [1.29, 1.82) is 0 Å². The van der Waals surface area contributed by atoms with E-state index in [1.165, 1.54) is 6.92 Å². The predicted octanol–water partition coefficient (Wildman–Crippen LogP) is 3.47. The van der Waals surface area contributed by atoms with Crippen molar-refractivity contribution in [2.24, 2.45) is 0 Å². The van der Waals surface area contributed by atoms with E-state index in [0.29, 0.717) is 51.1 Å². The van der Waals surface area contributed by atoms with Gasteiger partial charge in [-0.15, -0.1) is 0 Å². The van der Waals surface area contributed by atoms with Gasteiger partial charge in [0, 0.05) is 45.5 Å². The maximum Gasteiger partial charge on any atom is 0.422 e. The lowest BCUT2D eigenvalue weighted by molar-refractivity contribution is -0.139. The molecule has 1 aliphatic heterocycles. The zero-order chi connectivity index (χ0) is 26.4. The zero-order valence-electron chi connectivity index (χ0n) is 19.4. The van der Waals surface area contributed by atoms with Crippen LogP contribution in [0.3, 0.4) is 0 Å². The minimum atomic E-state index is -4.58. The summed E-state index contributed by atoms with van der Waals surface area (Å²) < 4.78 is 74.5. The van der Waals surface area contributed by atoms with Crippen LogP contribution in [0.5, 0.6) is 0 Å². The molecular weight excluding hydrogens is 482 g/mol. The lowest BCUT2D eigenvalue weighted by Crippen LogP contribution is -2.48. The number of carbonyl (C=O) groups excluding carboxylic acids is 1. The summed E-state index contributed by atoms with van der Waals surface area (Å²) in [5, 5.41) is 5.48. The van der Waals surface area contributed by atoms with Gasteiger partial charge in [0.1, 0.15) is 5.56 Å². The Hall–Kier alpha value is -3.19. The molecule has 2 aromatic heterocycles. The SMILES string of the molecule is CC.CC(=O)N1CCN(c2ncc(C(F)(F)F)cn2)CC1.O=c1[nH]nc2c(c1C(F)(F)F)CCC2. The molecule has 0 unspecified atom stereocenters. The highest BCUT2D eigenvalue weighted by molar-refractivity contribution is 5.73. The fraction of sp³-hybridized carbons (Fsp3) is 0.571. The number of carbonyl (C=O) groups is 1. The van der Waals surface area contributed by atoms with Crippen molar-refractivity contribution in [3.05, 3.63) is 45.1 Å². The van der Waals surface area contributed by atoms with Crippen molar-refractivity contribution in [3.63, 3.8) is 0 Å². The zero-order valence-corrected chi connectivity index (χ0v) is 19.4. The van der Waals surface area contributed by atoms with Gasteiger partial charge in [0.2, 0.25) is 11.9 Å². The minimum absolute atomic E-state index is 0.00649. The van der Waals surface area contributed by atoms with Crippen molar-refractivity contribution in [2.75, 3.05) is 31.1 Å². The van der Waals surface area contributed by atoms with E-state index < -0.39 is 29.0 Å². The highest BCUT2D eigenvalue weighted by Crippen LogP contribution is 2.33. The molecule has 0 radical (unpaired) electrons. The molecule has 2 aliphatic rings. The predicted molar refractivity (Wildman–Crippen MR) is 115 cm³/mol. The summed E-state index contributed by atoms with van der Waals surface area (Å²) in [7, 11) is 0. The van der Waals surface area contributed by atoms with Gasteiger partial charge in [-0.05, 0) is 24.8 Å². The number of alkyl halides is 6. The number of hydrogen-bond donors (Lipinski definition) is 1. The van der Waals surface area contributed by atoms with E-state index in [1.54, 1.807) is 9.80 Å². The van der Waals surface area contributed by atoms with Crippen molar-refractivity contribution >= 4 is 11.9 Å². The maximum atomic E-state index is 12.5. The van der Waals surface area contributed by atoms with E-state index >= 15 is 0 Å². The normalized spacial score (nSPS) is 15.5. The highest BCUT2D eigenvalue weighted by atomic mass is 19.4. The first kappa shape index (κ1) is 28.1. The molecule has 1 N–H and O–H groups in total. The quantitative estimate of drug-likeness (QED) is 0.593. The van der Waals surface area contributed by atoms with Crippen LogP contribution in [0.25, 0.3) is 0 Å². The summed E-state index contributed by atoms with van der Waals surface area (Å²) in [6.45, 7) is 7.58. The monoisotopic (exact) mass is 508 g/mol. The molecule has 0 bridgehead atoms. The Labute approximate surface area is 197 Å². The number of anilines is 1. The molecule has 1 saturated heterocycles. The second kappa shape index (κ2) is 11.5. The molecule has 0 saturated carbocycles. The third kappa shape index (κ3) is 7.15. The molecule has 1 aliphatic carbocycles. The number of nitrogens with one attached hydrogen (secondary N) is 1. The van der Waals surface area contributed by atoms with Gasteiger partial charge < -0.3 is 9.80 Å². The van der Waals surface area contributed by atoms with E-state index in [0.717, 1.165) is 12.4 Å². The topological polar surface area (TPSA) is 95.1 Å². The Morgan fingerprint density at radius 3 is 2.00 bits per heavy atom. The number of hydrogen-bond acceptors (Lipinski definition) is 6. The largest absolute Gasteiger partial charge is 0.422 e. The smallest absolute Gasteiger partial charge is 0.339 e. The Kier molecular flexibility index (Phi) is 9.21. The minimum Gasteiger partial charge on any atom is -0.339 e. The van der Waals surface area contributed by atoms with Crippen LogP contribution in [-0.4, -0.2) is 57.2 Å². The molecule has 1 fully saturated rings. The van der Waals surface area contributed by atoms with Gasteiger partial charge in [0.15, 0.2) is 0 Å². The first-order valence-corrected chi connectivity index (χ1v) is 10.9. The van der Waals surface area contributed by atoms with Gasteiger partial charge in [0.25, 0.3) is 5.56 Å². The van der Waals surface area contributed by atoms with Crippen LogP contribution in [0.4, 0.5) is 32.3 Å². The average Bonchev–Trinajstić information content (AvgIpc) is 3.28. The van der Waals surface area contributed by atoms with Crippen LogP contribution < -0.4 is 10.5 Å². The van der Waals surface area contributed by atoms with Gasteiger partial charge in [-0.2, -0.15) is 31.4 Å². The van der Waals surface area contributed by atoms with Crippen LogP contribution >= 0.6 is 0 Å². The molecule has 0 spiro atoms. The summed E-state index contributed by atoms with van der Waals surface area (Å²) in [4.78, 5) is 33.0. The molecule has 14 heteroatoms. The first-order valence-electron chi connectivity index (χ1n) is 10.9. The Morgan fingerprint density at radius 2 is 1.51 bits per heavy atom. The summed E-state index contributed by atoms with van der Waals surface area (Å²) in [6, 6.07) is 0. The fourth-order valence-electron chi connectivity index (χ4n) is 3.58. The standard InChI is InChI=1S/C11H13F3N4O.C8H7F3N2O.C2H6/c1-8(19)17-2-4-18(5-3-17)10-15-6-9(7-16-10)11(12,13)14;9-8(10,11)6-4-2-1-3-5(4)12-13-7(6)14;1-2/h6-7H,2-5H2,1H3;1-3H2,(H,13,14);1-2H3. The molecule has 4 rings (SSSR count). The Bertz CT molecular complexity index is 1040. The molecule has 35 heavy (non-hydrogen) atoms. The molecule has 3 heterocycles.